The zero-order chi connectivity index (χ0) is 9.80. The van der Waals surface area contributed by atoms with E-state index in [1.807, 2.05) is 0 Å². The number of nitrogens with one attached hydrogen (secondary N) is 1. The average molecular weight is 213 g/mol. The lowest BCUT2D eigenvalue weighted by Gasteiger charge is -2.23. The van der Waals surface area contributed by atoms with Crippen molar-refractivity contribution < 1.29 is 0 Å². The minimum atomic E-state index is 0.868. The summed E-state index contributed by atoms with van der Waals surface area (Å²) < 4.78 is 0. The van der Waals surface area contributed by atoms with Crippen molar-refractivity contribution in [1.82, 2.24) is 10.2 Å². The first-order valence-electron chi connectivity index (χ1n) is 5.43. The van der Waals surface area contributed by atoms with Gasteiger partial charge < -0.3 is 10.2 Å². The van der Waals surface area contributed by atoms with E-state index in [4.69, 9.17) is 0 Å². The van der Waals surface area contributed by atoms with Crippen molar-refractivity contribution in [2.75, 3.05) is 38.2 Å². The van der Waals surface area contributed by atoms with Gasteiger partial charge in [-0.15, -0.1) is 0 Å². The Labute approximate surface area is 90.3 Å². The van der Waals surface area contributed by atoms with Crippen molar-refractivity contribution in [3.05, 3.63) is 0 Å². The van der Waals surface area contributed by atoms with Crippen LogP contribution < -0.4 is 5.32 Å². The molecule has 0 saturated carbocycles. The SMILES string of the molecule is CN1CCN=C1NCC1CCSCC1. The second-order valence-corrected chi connectivity index (χ2v) is 5.29. The van der Waals surface area contributed by atoms with Crippen molar-refractivity contribution in [3.63, 3.8) is 0 Å². The second-order valence-electron chi connectivity index (χ2n) is 4.06. The number of rotatable bonds is 2. The minimum Gasteiger partial charge on any atom is -0.356 e. The second kappa shape index (κ2) is 4.91. The Morgan fingerprint density at radius 3 is 2.93 bits per heavy atom. The minimum absolute atomic E-state index is 0.868. The van der Waals surface area contributed by atoms with E-state index >= 15 is 0 Å². The van der Waals surface area contributed by atoms with Gasteiger partial charge in [0.15, 0.2) is 5.96 Å². The zero-order valence-corrected chi connectivity index (χ0v) is 9.65. The molecule has 2 aliphatic heterocycles. The van der Waals surface area contributed by atoms with Crippen LogP contribution in [0.15, 0.2) is 4.99 Å². The smallest absolute Gasteiger partial charge is 0.193 e. The quantitative estimate of drug-likeness (QED) is 0.742. The van der Waals surface area contributed by atoms with Gasteiger partial charge >= 0.3 is 0 Å². The van der Waals surface area contributed by atoms with Crippen molar-refractivity contribution in [3.8, 4) is 0 Å². The van der Waals surface area contributed by atoms with Crippen molar-refractivity contribution in [2.24, 2.45) is 10.9 Å². The molecule has 2 aliphatic rings. The number of likely N-dealkylation sites (N-methyl/N-ethyl adjacent to an activating group) is 1. The molecule has 0 radical (unpaired) electrons. The van der Waals surface area contributed by atoms with Gasteiger partial charge in [0.2, 0.25) is 0 Å². The Morgan fingerprint density at radius 2 is 2.29 bits per heavy atom. The maximum absolute atomic E-state index is 4.43. The number of nitrogens with zero attached hydrogens (tertiary/aromatic N) is 2. The molecule has 0 aromatic rings. The Morgan fingerprint density at radius 1 is 1.50 bits per heavy atom. The summed E-state index contributed by atoms with van der Waals surface area (Å²) in [7, 11) is 2.11. The Hall–Kier alpha value is -0.380. The summed E-state index contributed by atoms with van der Waals surface area (Å²) in [5, 5.41) is 3.47. The summed E-state index contributed by atoms with van der Waals surface area (Å²) in [6.07, 6.45) is 2.74. The molecule has 2 rings (SSSR count). The first kappa shape index (κ1) is 10.1. The van der Waals surface area contributed by atoms with Crippen LogP contribution in [0.5, 0.6) is 0 Å². The number of aliphatic imine (C=N–C) groups is 1. The molecular formula is C10H19N3S. The van der Waals surface area contributed by atoms with E-state index < -0.39 is 0 Å². The molecule has 0 unspecified atom stereocenters. The molecular weight excluding hydrogens is 194 g/mol. The van der Waals surface area contributed by atoms with Gasteiger partial charge in [-0.25, -0.2) is 0 Å². The third-order valence-corrected chi connectivity index (χ3v) is 4.00. The normalized spacial score (nSPS) is 23.8. The highest BCUT2D eigenvalue weighted by Gasteiger charge is 2.16. The van der Waals surface area contributed by atoms with Crippen LogP contribution in [-0.4, -0.2) is 49.0 Å². The Balaban J connectivity index is 1.70. The molecule has 0 aromatic heterocycles. The maximum atomic E-state index is 4.43. The maximum Gasteiger partial charge on any atom is 0.193 e. The van der Waals surface area contributed by atoms with Crippen LogP contribution in [0.4, 0.5) is 0 Å². The molecule has 0 aliphatic carbocycles. The van der Waals surface area contributed by atoms with Crippen LogP contribution in [0.2, 0.25) is 0 Å². The highest BCUT2D eigenvalue weighted by Crippen LogP contribution is 2.21. The first-order valence-corrected chi connectivity index (χ1v) is 6.59. The largest absolute Gasteiger partial charge is 0.356 e. The number of guanidine groups is 1. The predicted octanol–water partition coefficient (Wildman–Crippen LogP) is 1.02. The summed E-state index contributed by atoms with van der Waals surface area (Å²) >= 11 is 2.09. The summed E-state index contributed by atoms with van der Waals surface area (Å²) in [6.45, 7) is 3.14. The monoisotopic (exact) mass is 213 g/mol. The average Bonchev–Trinajstić information content (AvgIpc) is 2.63. The van der Waals surface area contributed by atoms with Gasteiger partial charge in [-0.2, -0.15) is 11.8 Å². The lowest BCUT2D eigenvalue weighted by molar-refractivity contribution is 0.462. The molecule has 0 bridgehead atoms. The first-order chi connectivity index (χ1) is 6.86. The molecule has 1 saturated heterocycles. The third kappa shape index (κ3) is 2.56. The molecule has 1 fully saturated rings. The molecule has 0 aromatic carbocycles. The third-order valence-electron chi connectivity index (χ3n) is 2.95. The van der Waals surface area contributed by atoms with Crippen molar-refractivity contribution in [2.45, 2.75) is 12.8 Å². The van der Waals surface area contributed by atoms with Crippen molar-refractivity contribution >= 4 is 17.7 Å². The molecule has 0 atom stereocenters. The van der Waals surface area contributed by atoms with Crippen LogP contribution >= 0.6 is 11.8 Å². The van der Waals surface area contributed by atoms with Gasteiger partial charge in [-0.05, 0) is 30.3 Å². The van der Waals surface area contributed by atoms with Crippen LogP contribution in [0.1, 0.15) is 12.8 Å². The van der Waals surface area contributed by atoms with Crippen LogP contribution in [-0.2, 0) is 0 Å². The van der Waals surface area contributed by atoms with E-state index in [1.165, 1.54) is 24.3 Å². The molecule has 0 amide bonds. The highest BCUT2D eigenvalue weighted by atomic mass is 32.2. The van der Waals surface area contributed by atoms with Gasteiger partial charge in [0.25, 0.3) is 0 Å². The number of hydrogen-bond donors (Lipinski definition) is 1. The van der Waals surface area contributed by atoms with Crippen molar-refractivity contribution in [1.29, 1.82) is 0 Å². The Kier molecular flexibility index (Phi) is 3.56. The predicted molar refractivity (Wildman–Crippen MR) is 63.0 cm³/mol. The van der Waals surface area contributed by atoms with E-state index in [1.54, 1.807) is 0 Å². The van der Waals surface area contributed by atoms with Crippen LogP contribution in [0, 0.1) is 5.92 Å². The Bertz CT molecular complexity index is 211. The van der Waals surface area contributed by atoms with E-state index in [0.717, 1.165) is 31.5 Å². The molecule has 0 spiro atoms. The summed E-state index contributed by atoms with van der Waals surface area (Å²) in [6, 6.07) is 0. The standard InChI is InChI=1S/C10H19N3S/c1-13-5-4-11-10(13)12-8-9-2-6-14-7-3-9/h9H,2-8H2,1H3,(H,11,12). The fraction of sp³-hybridized carbons (Fsp3) is 0.900. The van der Waals surface area contributed by atoms with Gasteiger partial charge in [0, 0.05) is 20.1 Å². The summed E-state index contributed by atoms with van der Waals surface area (Å²) in [4.78, 5) is 6.63. The lowest BCUT2D eigenvalue weighted by atomic mass is 10.0. The topological polar surface area (TPSA) is 27.6 Å². The molecule has 3 nitrogen and oxygen atoms in total. The lowest BCUT2D eigenvalue weighted by Crippen LogP contribution is -2.38. The fourth-order valence-electron chi connectivity index (χ4n) is 1.91. The number of hydrogen-bond acceptors (Lipinski definition) is 4. The molecule has 80 valence electrons. The van der Waals surface area contributed by atoms with Crippen LogP contribution in [0.25, 0.3) is 0 Å². The zero-order valence-electron chi connectivity index (χ0n) is 8.83. The molecule has 1 N–H and O–H groups in total. The van der Waals surface area contributed by atoms with E-state index in [-0.39, 0.29) is 0 Å². The van der Waals surface area contributed by atoms with E-state index in [9.17, 15) is 0 Å². The highest BCUT2D eigenvalue weighted by molar-refractivity contribution is 7.99. The summed E-state index contributed by atoms with van der Waals surface area (Å²) in [5.74, 6) is 4.65. The molecule has 2 heterocycles. The number of thioether (sulfide) groups is 1. The van der Waals surface area contributed by atoms with Gasteiger partial charge in [0.1, 0.15) is 0 Å². The van der Waals surface area contributed by atoms with E-state index in [0.29, 0.717) is 0 Å². The van der Waals surface area contributed by atoms with Gasteiger partial charge in [-0.3, -0.25) is 4.99 Å². The van der Waals surface area contributed by atoms with E-state index in [2.05, 4.69) is 34.0 Å². The molecule has 4 heteroatoms. The fourth-order valence-corrected chi connectivity index (χ4v) is 3.11. The van der Waals surface area contributed by atoms with Crippen LogP contribution in [0.3, 0.4) is 0 Å². The summed E-state index contributed by atoms with van der Waals surface area (Å²) in [5.41, 5.74) is 0. The van der Waals surface area contributed by atoms with Gasteiger partial charge in [-0.1, -0.05) is 0 Å². The van der Waals surface area contributed by atoms with Gasteiger partial charge in [0.05, 0.1) is 6.54 Å². The molecule has 14 heavy (non-hydrogen) atoms.